The van der Waals surface area contributed by atoms with E-state index in [1.54, 1.807) is 10.9 Å². The molecule has 2 unspecified atom stereocenters. The van der Waals surface area contributed by atoms with E-state index in [1.165, 1.54) is 0 Å². The number of aliphatic hydroxyl groups is 1. The topological polar surface area (TPSA) is 79.2 Å². The number of amides is 2. The first-order chi connectivity index (χ1) is 11.3. The number of hydrogen-bond acceptors (Lipinski definition) is 3. The Morgan fingerprint density at radius 3 is 2.62 bits per heavy atom. The van der Waals surface area contributed by atoms with Gasteiger partial charge in [-0.25, -0.2) is 9.48 Å². The molecule has 2 aromatic rings. The Kier molecular flexibility index (Phi) is 5.62. The molecule has 1 aromatic heterocycles. The zero-order valence-electron chi connectivity index (χ0n) is 14.7. The van der Waals surface area contributed by atoms with Crippen molar-refractivity contribution in [2.24, 2.45) is 5.41 Å². The molecule has 0 aliphatic heterocycles. The van der Waals surface area contributed by atoms with Crippen molar-refractivity contribution in [2.45, 2.75) is 39.8 Å². The fraction of sp³-hybridized carbons (Fsp3) is 0.444. The van der Waals surface area contributed by atoms with Gasteiger partial charge in [0.25, 0.3) is 0 Å². The van der Waals surface area contributed by atoms with Crippen LogP contribution in [0.15, 0.2) is 42.7 Å². The van der Waals surface area contributed by atoms with Crippen molar-refractivity contribution < 1.29 is 9.90 Å². The van der Waals surface area contributed by atoms with Crippen molar-refractivity contribution >= 4 is 6.03 Å². The van der Waals surface area contributed by atoms with E-state index >= 15 is 0 Å². The lowest BCUT2D eigenvalue weighted by molar-refractivity contribution is 0.0649. The van der Waals surface area contributed by atoms with Gasteiger partial charge >= 0.3 is 6.03 Å². The summed E-state index contributed by atoms with van der Waals surface area (Å²) in [6.07, 6.45) is 2.98. The van der Waals surface area contributed by atoms with E-state index in [9.17, 15) is 9.90 Å². The van der Waals surface area contributed by atoms with E-state index in [0.29, 0.717) is 0 Å². The number of aliphatic hydroxyl groups excluding tert-OH is 1. The maximum atomic E-state index is 12.1. The molecule has 0 bridgehead atoms. The third-order valence-corrected chi connectivity index (χ3v) is 3.96. The molecule has 1 heterocycles. The largest absolute Gasteiger partial charge is 0.391 e. The van der Waals surface area contributed by atoms with Crippen LogP contribution >= 0.6 is 0 Å². The second kappa shape index (κ2) is 7.49. The number of hydrogen-bond donors (Lipinski definition) is 3. The van der Waals surface area contributed by atoms with Gasteiger partial charge in [0.05, 0.1) is 17.8 Å². The average molecular weight is 330 g/mol. The van der Waals surface area contributed by atoms with Gasteiger partial charge in [0.15, 0.2) is 0 Å². The summed E-state index contributed by atoms with van der Waals surface area (Å²) >= 11 is 0. The molecule has 0 fully saturated rings. The monoisotopic (exact) mass is 330 g/mol. The quantitative estimate of drug-likeness (QED) is 0.788. The molecule has 6 nitrogen and oxygen atoms in total. The molecule has 0 saturated carbocycles. The molecule has 0 saturated heterocycles. The summed E-state index contributed by atoms with van der Waals surface area (Å²) < 4.78 is 1.77. The molecule has 2 rings (SSSR count). The molecule has 3 N–H and O–H groups in total. The number of nitrogens with one attached hydrogen (secondary N) is 2. The van der Waals surface area contributed by atoms with E-state index in [-0.39, 0.29) is 24.0 Å². The van der Waals surface area contributed by atoms with Gasteiger partial charge in [-0.3, -0.25) is 0 Å². The van der Waals surface area contributed by atoms with Crippen LogP contribution in [0.1, 0.15) is 39.3 Å². The summed E-state index contributed by atoms with van der Waals surface area (Å²) in [7, 11) is 0. The number of carbonyl (C=O) groups is 1. The van der Waals surface area contributed by atoms with Gasteiger partial charge < -0.3 is 15.7 Å². The molecule has 24 heavy (non-hydrogen) atoms. The minimum absolute atomic E-state index is 0.197. The average Bonchev–Trinajstić information content (AvgIpc) is 3.05. The molecule has 2 atom stereocenters. The highest BCUT2D eigenvalue weighted by Crippen LogP contribution is 2.21. The second-order valence-electron chi connectivity index (χ2n) is 6.97. The summed E-state index contributed by atoms with van der Waals surface area (Å²) in [5, 5.41) is 19.9. The molecule has 6 heteroatoms. The van der Waals surface area contributed by atoms with Gasteiger partial charge in [0.2, 0.25) is 0 Å². The molecule has 1 aromatic carbocycles. The third kappa shape index (κ3) is 4.58. The number of urea groups is 1. The van der Waals surface area contributed by atoms with Crippen LogP contribution < -0.4 is 10.6 Å². The third-order valence-electron chi connectivity index (χ3n) is 3.96. The lowest BCUT2D eigenvalue weighted by Gasteiger charge is -2.26. The van der Waals surface area contributed by atoms with Crippen LogP contribution in [0.3, 0.4) is 0 Å². The molecular formula is C18H26N4O2. The highest BCUT2D eigenvalue weighted by molar-refractivity contribution is 5.74. The van der Waals surface area contributed by atoms with Gasteiger partial charge in [-0.2, -0.15) is 5.10 Å². The number of carbonyl (C=O) groups excluding carboxylic acids is 1. The van der Waals surface area contributed by atoms with Crippen molar-refractivity contribution in [1.82, 2.24) is 20.4 Å². The number of aromatic nitrogens is 2. The van der Waals surface area contributed by atoms with Gasteiger partial charge in [0, 0.05) is 18.9 Å². The first-order valence-corrected chi connectivity index (χ1v) is 8.10. The number of rotatable bonds is 5. The van der Waals surface area contributed by atoms with Gasteiger partial charge in [-0.05, 0) is 30.0 Å². The summed E-state index contributed by atoms with van der Waals surface area (Å²) in [4.78, 5) is 12.1. The molecule has 0 aliphatic rings. The van der Waals surface area contributed by atoms with Crippen molar-refractivity contribution in [2.75, 3.05) is 6.54 Å². The Labute approximate surface area is 142 Å². The van der Waals surface area contributed by atoms with Crippen LogP contribution in [-0.2, 0) is 0 Å². The standard InChI is InChI=1S/C18H26N4O2/c1-13(21-17(24)19-12-16(23)18(2,3)4)14-8-5-6-9-15(14)22-11-7-10-20-22/h5-11,13,16,23H,12H2,1-4H3,(H2,19,21,24). The van der Waals surface area contributed by atoms with Crippen LogP contribution in [0, 0.1) is 5.41 Å². The van der Waals surface area contributed by atoms with Gasteiger partial charge in [0.1, 0.15) is 0 Å². The van der Waals surface area contributed by atoms with E-state index in [4.69, 9.17) is 0 Å². The predicted octanol–water partition coefficient (Wildman–Crippen LogP) is 2.64. The zero-order chi connectivity index (χ0) is 17.7. The Morgan fingerprint density at radius 1 is 1.29 bits per heavy atom. The van der Waals surface area contributed by atoms with Gasteiger partial charge in [-0.1, -0.05) is 39.0 Å². The van der Waals surface area contributed by atoms with Crippen molar-refractivity contribution in [3.63, 3.8) is 0 Å². The Balaban J connectivity index is 2.00. The normalized spacial score (nSPS) is 14.0. The van der Waals surface area contributed by atoms with E-state index < -0.39 is 6.10 Å². The molecule has 0 aliphatic carbocycles. The maximum absolute atomic E-state index is 12.1. The van der Waals surface area contributed by atoms with E-state index in [1.807, 2.05) is 64.2 Å². The summed E-state index contributed by atoms with van der Waals surface area (Å²) in [5.74, 6) is 0. The Bertz CT molecular complexity index is 662. The van der Waals surface area contributed by atoms with E-state index in [0.717, 1.165) is 11.3 Å². The zero-order valence-corrected chi connectivity index (χ0v) is 14.7. The Morgan fingerprint density at radius 2 is 2.00 bits per heavy atom. The van der Waals surface area contributed by atoms with Gasteiger partial charge in [-0.15, -0.1) is 0 Å². The summed E-state index contributed by atoms with van der Waals surface area (Å²) in [6.45, 7) is 7.92. The van der Waals surface area contributed by atoms with Crippen LogP contribution in [0.2, 0.25) is 0 Å². The summed E-state index contributed by atoms with van der Waals surface area (Å²) in [5.41, 5.74) is 1.61. The first kappa shape index (κ1) is 18.0. The predicted molar refractivity (Wildman–Crippen MR) is 94.0 cm³/mol. The molecular weight excluding hydrogens is 304 g/mol. The van der Waals surface area contributed by atoms with Crippen LogP contribution in [0.25, 0.3) is 5.69 Å². The van der Waals surface area contributed by atoms with Crippen molar-refractivity contribution in [1.29, 1.82) is 0 Å². The molecule has 2 amide bonds. The second-order valence-corrected chi connectivity index (χ2v) is 6.97. The lowest BCUT2D eigenvalue weighted by atomic mass is 9.89. The number of benzene rings is 1. The summed E-state index contributed by atoms with van der Waals surface area (Å²) in [6, 6.07) is 9.15. The Hall–Kier alpha value is -2.34. The smallest absolute Gasteiger partial charge is 0.315 e. The lowest BCUT2D eigenvalue weighted by Crippen LogP contribution is -2.44. The van der Waals surface area contributed by atoms with Crippen molar-refractivity contribution in [3.05, 3.63) is 48.3 Å². The SMILES string of the molecule is CC(NC(=O)NCC(O)C(C)(C)C)c1ccccc1-n1cccn1. The minimum atomic E-state index is -0.602. The fourth-order valence-electron chi connectivity index (χ4n) is 2.29. The molecule has 0 radical (unpaired) electrons. The highest BCUT2D eigenvalue weighted by atomic mass is 16.3. The fourth-order valence-corrected chi connectivity index (χ4v) is 2.29. The van der Waals surface area contributed by atoms with Crippen molar-refractivity contribution in [3.8, 4) is 5.69 Å². The molecule has 0 spiro atoms. The van der Waals surface area contributed by atoms with E-state index in [2.05, 4.69) is 15.7 Å². The molecule has 130 valence electrons. The number of para-hydroxylation sites is 1. The first-order valence-electron chi connectivity index (χ1n) is 8.10. The van der Waals surface area contributed by atoms with Crippen LogP contribution in [-0.4, -0.2) is 33.6 Å². The maximum Gasteiger partial charge on any atom is 0.315 e. The van der Waals surface area contributed by atoms with Crippen LogP contribution in [0.4, 0.5) is 4.79 Å². The van der Waals surface area contributed by atoms with Crippen LogP contribution in [0.5, 0.6) is 0 Å². The minimum Gasteiger partial charge on any atom is -0.391 e. The highest BCUT2D eigenvalue weighted by Gasteiger charge is 2.23. The number of nitrogens with zero attached hydrogens (tertiary/aromatic N) is 2.